The number of halogens is 1. The summed E-state index contributed by atoms with van der Waals surface area (Å²) in [6, 6.07) is 13.5. The fourth-order valence-electron chi connectivity index (χ4n) is 3.48. The van der Waals surface area contributed by atoms with Crippen LogP contribution in [0.5, 0.6) is 0 Å². The highest BCUT2D eigenvalue weighted by molar-refractivity contribution is 5.96. The summed E-state index contributed by atoms with van der Waals surface area (Å²) in [5.41, 5.74) is 2.32. The number of carbonyl (C=O) groups is 2. The molecule has 2 atom stereocenters. The van der Waals surface area contributed by atoms with Crippen molar-refractivity contribution in [2.75, 3.05) is 18.4 Å². The van der Waals surface area contributed by atoms with E-state index in [9.17, 15) is 14.0 Å². The highest BCUT2D eigenvalue weighted by Gasteiger charge is 2.21. The first-order valence-corrected chi connectivity index (χ1v) is 9.63. The van der Waals surface area contributed by atoms with E-state index in [0.29, 0.717) is 23.7 Å². The second-order valence-electron chi connectivity index (χ2n) is 7.35. The van der Waals surface area contributed by atoms with Crippen LogP contribution in [0.4, 0.5) is 14.9 Å². The Labute approximate surface area is 164 Å². The van der Waals surface area contributed by atoms with Crippen LogP contribution < -0.4 is 16.0 Å². The maximum absolute atomic E-state index is 13.0. The van der Waals surface area contributed by atoms with Gasteiger partial charge in [-0.25, -0.2) is 9.18 Å². The molecule has 2 amide bonds. The molecule has 1 saturated heterocycles. The molecular formula is C22H26FN3O2. The molecule has 0 aliphatic carbocycles. The number of piperidine rings is 1. The molecule has 0 spiro atoms. The Morgan fingerprint density at radius 2 is 1.93 bits per heavy atom. The smallest absolute Gasteiger partial charge is 0.319 e. The van der Waals surface area contributed by atoms with Gasteiger partial charge in [-0.05, 0) is 68.5 Å². The Bertz CT molecular complexity index is 815. The Balaban J connectivity index is 1.39. The van der Waals surface area contributed by atoms with Crippen LogP contribution in [0.3, 0.4) is 0 Å². The maximum atomic E-state index is 13.0. The SMILES string of the molecule is CC(=O)c1cccc(NC(=O)NC[C@H]2CC[C@H](Cc3ccc(F)cc3)CN2)c1. The van der Waals surface area contributed by atoms with Crippen molar-refractivity contribution in [3.8, 4) is 0 Å². The van der Waals surface area contributed by atoms with Gasteiger partial charge in [0, 0.05) is 23.8 Å². The lowest BCUT2D eigenvalue weighted by Gasteiger charge is -2.30. The minimum absolute atomic E-state index is 0.0364. The highest BCUT2D eigenvalue weighted by atomic mass is 19.1. The fourth-order valence-corrected chi connectivity index (χ4v) is 3.48. The van der Waals surface area contributed by atoms with Gasteiger partial charge in [0.15, 0.2) is 5.78 Å². The molecular weight excluding hydrogens is 357 g/mol. The van der Waals surface area contributed by atoms with E-state index in [2.05, 4.69) is 16.0 Å². The largest absolute Gasteiger partial charge is 0.336 e. The summed E-state index contributed by atoms with van der Waals surface area (Å²) in [5, 5.41) is 9.13. The molecule has 3 rings (SSSR count). The Morgan fingerprint density at radius 1 is 1.14 bits per heavy atom. The number of nitrogens with one attached hydrogen (secondary N) is 3. The van der Waals surface area contributed by atoms with Crippen LogP contribution in [0.25, 0.3) is 0 Å². The zero-order valence-corrected chi connectivity index (χ0v) is 16.0. The van der Waals surface area contributed by atoms with Crippen molar-refractivity contribution < 1.29 is 14.0 Å². The molecule has 3 N–H and O–H groups in total. The Morgan fingerprint density at radius 3 is 2.61 bits per heavy atom. The molecule has 6 heteroatoms. The van der Waals surface area contributed by atoms with Crippen LogP contribution in [0, 0.1) is 11.7 Å². The number of hydrogen-bond acceptors (Lipinski definition) is 3. The molecule has 0 radical (unpaired) electrons. The van der Waals surface area contributed by atoms with Crippen LogP contribution in [0.15, 0.2) is 48.5 Å². The Hall–Kier alpha value is -2.73. The number of Topliss-reactive ketones (excluding diaryl/α,β-unsaturated/α-hetero) is 1. The lowest BCUT2D eigenvalue weighted by molar-refractivity contribution is 0.101. The third kappa shape index (κ3) is 5.89. The molecule has 1 aliphatic heterocycles. The number of ketones is 1. The normalized spacial score (nSPS) is 19.1. The van der Waals surface area contributed by atoms with Gasteiger partial charge in [0.05, 0.1) is 0 Å². The van der Waals surface area contributed by atoms with E-state index in [1.165, 1.54) is 19.1 Å². The third-order valence-electron chi connectivity index (χ3n) is 5.09. The summed E-state index contributed by atoms with van der Waals surface area (Å²) in [7, 11) is 0. The van der Waals surface area contributed by atoms with E-state index in [1.54, 1.807) is 24.3 Å². The van der Waals surface area contributed by atoms with Crippen molar-refractivity contribution in [3.05, 3.63) is 65.5 Å². The zero-order valence-electron chi connectivity index (χ0n) is 16.0. The van der Waals surface area contributed by atoms with Gasteiger partial charge < -0.3 is 16.0 Å². The number of urea groups is 1. The number of hydrogen-bond donors (Lipinski definition) is 3. The van der Waals surface area contributed by atoms with E-state index in [0.717, 1.165) is 31.4 Å². The predicted octanol–water partition coefficient (Wildman–Crippen LogP) is 3.76. The van der Waals surface area contributed by atoms with Crippen LogP contribution in [-0.2, 0) is 6.42 Å². The van der Waals surface area contributed by atoms with Crippen molar-refractivity contribution in [3.63, 3.8) is 0 Å². The zero-order chi connectivity index (χ0) is 19.9. The van der Waals surface area contributed by atoms with Gasteiger partial charge >= 0.3 is 6.03 Å². The van der Waals surface area contributed by atoms with Gasteiger partial charge in [0.2, 0.25) is 0 Å². The molecule has 0 saturated carbocycles. The van der Waals surface area contributed by atoms with E-state index in [-0.39, 0.29) is 23.7 Å². The van der Waals surface area contributed by atoms with Crippen molar-refractivity contribution in [1.29, 1.82) is 0 Å². The molecule has 2 aromatic carbocycles. The fraction of sp³-hybridized carbons (Fsp3) is 0.364. The van der Waals surface area contributed by atoms with E-state index < -0.39 is 0 Å². The van der Waals surface area contributed by atoms with Gasteiger partial charge in [-0.15, -0.1) is 0 Å². The lowest BCUT2D eigenvalue weighted by Crippen LogP contribution is -2.47. The summed E-state index contributed by atoms with van der Waals surface area (Å²) in [4.78, 5) is 23.5. The summed E-state index contributed by atoms with van der Waals surface area (Å²) < 4.78 is 13.0. The van der Waals surface area contributed by atoms with Crippen LogP contribution in [0.2, 0.25) is 0 Å². The van der Waals surface area contributed by atoms with Crippen LogP contribution >= 0.6 is 0 Å². The monoisotopic (exact) mass is 383 g/mol. The summed E-state index contributed by atoms with van der Waals surface area (Å²) >= 11 is 0. The average molecular weight is 383 g/mol. The quantitative estimate of drug-likeness (QED) is 0.665. The number of carbonyl (C=O) groups excluding carboxylic acids is 2. The van der Waals surface area contributed by atoms with Crippen molar-refractivity contribution in [2.45, 2.75) is 32.2 Å². The first kappa shape index (κ1) is 20.0. The molecule has 1 aliphatic rings. The summed E-state index contributed by atoms with van der Waals surface area (Å²) in [6.45, 7) is 2.92. The van der Waals surface area contributed by atoms with Gasteiger partial charge in [0.1, 0.15) is 5.82 Å². The third-order valence-corrected chi connectivity index (χ3v) is 5.09. The minimum atomic E-state index is -0.282. The summed E-state index contributed by atoms with van der Waals surface area (Å²) in [5.74, 6) is 0.276. The first-order chi connectivity index (χ1) is 13.5. The molecule has 1 fully saturated rings. The molecule has 0 unspecified atom stereocenters. The molecule has 5 nitrogen and oxygen atoms in total. The van der Waals surface area contributed by atoms with Gasteiger partial charge in [-0.1, -0.05) is 24.3 Å². The van der Waals surface area contributed by atoms with Crippen molar-refractivity contribution in [2.24, 2.45) is 5.92 Å². The molecule has 0 aromatic heterocycles. The standard InChI is InChI=1S/C22H26FN3O2/c1-15(27)18-3-2-4-20(12-18)26-22(28)25-14-21-10-7-17(13-24-21)11-16-5-8-19(23)9-6-16/h2-6,8-9,12,17,21,24H,7,10-11,13-14H2,1H3,(H2,25,26,28)/t17-,21-/m1/s1. The molecule has 148 valence electrons. The lowest BCUT2D eigenvalue weighted by atomic mass is 9.89. The molecule has 0 bridgehead atoms. The van der Waals surface area contributed by atoms with Crippen molar-refractivity contribution in [1.82, 2.24) is 10.6 Å². The first-order valence-electron chi connectivity index (χ1n) is 9.63. The maximum Gasteiger partial charge on any atom is 0.319 e. The number of anilines is 1. The second kappa shape index (κ2) is 9.46. The van der Waals surface area contributed by atoms with Gasteiger partial charge in [-0.3, -0.25) is 4.79 Å². The van der Waals surface area contributed by atoms with Crippen molar-refractivity contribution >= 4 is 17.5 Å². The van der Waals surface area contributed by atoms with E-state index >= 15 is 0 Å². The van der Waals surface area contributed by atoms with E-state index in [4.69, 9.17) is 0 Å². The Kier molecular flexibility index (Phi) is 6.76. The topological polar surface area (TPSA) is 70.2 Å². The molecule has 1 heterocycles. The van der Waals surface area contributed by atoms with Crippen LogP contribution in [-0.4, -0.2) is 30.9 Å². The van der Waals surface area contributed by atoms with Gasteiger partial charge in [0.25, 0.3) is 0 Å². The van der Waals surface area contributed by atoms with Crippen LogP contribution in [0.1, 0.15) is 35.7 Å². The number of amides is 2. The second-order valence-corrected chi connectivity index (χ2v) is 7.35. The molecule has 28 heavy (non-hydrogen) atoms. The van der Waals surface area contributed by atoms with E-state index in [1.807, 2.05) is 12.1 Å². The average Bonchev–Trinajstić information content (AvgIpc) is 2.69. The minimum Gasteiger partial charge on any atom is -0.336 e. The number of rotatable bonds is 6. The van der Waals surface area contributed by atoms with Gasteiger partial charge in [-0.2, -0.15) is 0 Å². The number of benzene rings is 2. The highest BCUT2D eigenvalue weighted by Crippen LogP contribution is 2.19. The summed E-state index contributed by atoms with van der Waals surface area (Å²) in [6.07, 6.45) is 2.98. The molecule has 2 aromatic rings. The predicted molar refractivity (Wildman–Crippen MR) is 108 cm³/mol.